The Balaban J connectivity index is 0.000000226. The number of carbonyl (C=O) groups excluding carboxylic acids is 1. The molecule has 0 aliphatic heterocycles. The molecule has 3 heteroatoms. The van der Waals surface area contributed by atoms with Crippen molar-refractivity contribution in [2.75, 3.05) is 0 Å². The van der Waals surface area contributed by atoms with E-state index in [9.17, 15) is 9.90 Å². The third kappa shape index (κ3) is 9.88. The van der Waals surface area contributed by atoms with E-state index >= 15 is 0 Å². The van der Waals surface area contributed by atoms with Crippen LogP contribution < -0.4 is 5.11 Å². The SMILES string of the molecule is CCCC(=O)[O-].[Ni+][CH]1CCCCC1. The maximum absolute atomic E-state index is 9.49. The molecule has 0 radical (unpaired) electrons. The van der Waals surface area contributed by atoms with E-state index in [2.05, 4.69) is 0 Å². The average Bonchev–Trinajstić information content (AvgIpc) is 2.06. The van der Waals surface area contributed by atoms with Crippen LogP contribution in [0.1, 0.15) is 51.9 Å². The van der Waals surface area contributed by atoms with Gasteiger partial charge in [0.05, 0.1) is 0 Å². The Morgan fingerprint density at radius 1 is 1.38 bits per heavy atom. The Labute approximate surface area is 88.5 Å². The van der Waals surface area contributed by atoms with Gasteiger partial charge >= 0.3 is 52.5 Å². The molecule has 0 aromatic rings. The van der Waals surface area contributed by atoms with Crippen LogP contribution in [0.3, 0.4) is 0 Å². The van der Waals surface area contributed by atoms with Crippen molar-refractivity contribution in [1.29, 1.82) is 0 Å². The van der Waals surface area contributed by atoms with Gasteiger partial charge in [0.2, 0.25) is 0 Å². The molecule has 0 aromatic carbocycles. The van der Waals surface area contributed by atoms with Gasteiger partial charge in [0, 0.05) is 5.97 Å². The quantitative estimate of drug-likeness (QED) is 0.677. The van der Waals surface area contributed by atoms with Crippen LogP contribution in [0.4, 0.5) is 0 Å². The minimum atomic E-state index is -0.961. The van der Waals surface area contributed by atoms with E-state index in [1.54, 1.807) is 6.92 Å². The molecule has 0 atom stereocenters. The van der Waals surface area contributed by atoms with Crippen LogP contribution in [-0.4, -0.2) is 5.97 Å². The van der Waals surface area contributed by atoms with Crippen molar-refractivity contribution in [3.05, 3.63) is 0 Å². The zero-order chi connectivity index (χ0) is 10.1. The fourth-order valence-electron chi connectivity index (χ4n) is 1.23. The molecule has 1 rings (SSSR count). The van der Waals surface area contributed by atoms with E-state index in [1.165, 1.54) is 32.1 Å². The van der Waals surface area contributed by atoms with Crippen LogP contribution in [0.15, 0.2) is 0 Å². The number of hydrogen-bond donors (Lipinski definition) is 0. The second-order valence-electron chi connectivity index (χ2n) is 3.31. The van der Waals surface area contributed by atoms with Gasteiger partial charge in [-0.3, -0.25) is 0 Å². The summed E-state index contributed by atoms with van der Waals surface area (Å²) in [6.07, 6.45) is 7.71. The van der Waals surface area contributed by atoms with Crippen LogP contribution in [0.5, 0.6) is 0 Å². The van der Waals surface area contributed by atoms with Crippen LogP contribution in [0.25, 0.3) is 0 Å². The van der Waals surface area contributed by atoms with Crippen molar-refractivity contribution >= 4 is 5.97 Å². The molecule has 1 saturated carbocycles. The predicted octanol–water partition coefficient (Wildman–Crippen LogP) is 1.82. The van der Waals surface area contributed by atoms with Crippen LogP contribution in [0, 0.1) is 0 Å². The van der Waals surface area contributed by atoms with Crippen LogP contribution >= 0.6 is 0 Å². The first kappa shape index (κ1) is 13.0. The molecule has 1 aliphatic carbocycles. The standard InChI is InChI=1S/C6H11.C4H8O2.Ni/c1-2-4-6-5-3-1;1-2-3-4(5)6;/h1H,2-6H2;2-3H2,1H3,(H,5,6);/q;;+1/p-1. The molecule has 13 heavy (non-hydrogen) atoms. The monoisotopic (exact) mass is 228 g/mol. The molecule has 0 N–H and O–H groups in total. The molecule has 0 heterocycles. The summed E-state index contributed by atoms with van der Waals surface area (Å²) in [7, 11) is 0. The van der Waals surface area contributed by atoms with Gasteiger partial charge in [-0.15, -0.1) is 0 Å². The zero-order valence-corrected chi connectivity index (χ0v) is 9.15. The molecular formula is C10H18NiO2. The van der Waals surface area contributed by atoms with Crippen molar-refractivity contribution in [2.45, 2.75) is 56.8 Å². The molecule has 0 bridgehead atoms. The van der Waals surface area contributed by atoms with Gasteiger partial charge in [-0.25, -0.2) is 0 Å². The van der Waals surface area contributed by atoms with Crippen LogP contribution in [0.2, 0.25) is 4.89 Å². The van der Waals surface area contributed by atoms with E-state index in [0.717, 1.165) is 0 Å². The Morgan fingerprint density at radius 3 is 2.08 bits per heavy atom. The maximum atomic E-state index is 9.49. The van der Waals surface area contributed by atoms with E-state index in [-0.39, 0.29) is 6.42 Å². The van der Waals surface area contributed by atoms with Gasteiger partial charge in [-0.1, -0.05) is 13.3 Å². The molecule has 2 nitrogen and oxygen atoms in total. The molecule has 1 fully saturated rings. The Morgan fingerprint density at radius 2 is 1.92 bits per heavy atom. The molecule has 80 valence electrons. The molecule has 0 aromatic heterocycles. The molecule has 0 unspecified atom stereocenters. The van der Waals surface area contributed by atoms with Gasteiger partial charge in [0.25, 0.3) is 0 Å². The average molecular weight is 229 g/mol. The first-order chi connectivity index (χ1) is 6.16. The molecule has 1 aliphatic rings. The molecule has 0 saturated heterocycles. The Bertz CT molecular complexity index is 131. The van der Waals surface area contributed by atoms with Gasteiger partial charge in [-0.2, -0.15) is 0 Å². The van der Waals surface area contributed by atoms with Gasteiger partial charge in [-0.05, 0) is 6.42 Å². The van der Waals surface area contributed by atoms with Crippen LogP contribution in [-0.2, 0) is 20.3 Å². The Kier molecular flexibility index (Phi) is 8.53. The van der Waals surface area contributed by atoms with Crippen molar-refractivity contribution in [3.63, 3.8) is 0 Å². The van der Waals surface area contributed by atoms with Gasteiger partial charge < -0.3 is 9.90 Å². The third-order valence-electron chi connectivity index (χ3n) is 1.95. The summed E-state index contributed by atoms with van der Waals surface area (Å²) in [5.41, 5.74) is 0. The Hall–Kier alpha value is -0.0365. The van der Waals surface area contributed by atoms with E-state index in [0.29, 0.717) is 11.3 Å². The number of carboxylic acid groups (broad SMARTS) is 1. The third-order valence-corrected chi connectivity index (χ3v) is 2.52. The summed E-state index contributed by atoms with van der Waals surface area (Å²) in [5.74, 6) is -0.961. The van der Waals surface area contributed by atoms with Crippen molar-refractivity contribution in [3.8, 4) is 0 Å². The van der Waals surface area contributed by atoms with Gasteiger partial charge in [0.1, 0.15) is 0 Å². The molecular weight excluding hydrogens is 211 g/mol. The fraction of sp³-hybridized carbons (Fsp3) is 0.900. The summed E-state index contributed by atoms with van der Waals surface area (Å²) in [6.45, 7) is 1.80. The number of aliphatic carboxylic acids is 1. The predicted molar refractivity (Wildman–Crippen MR) is 46.8 cm³/mol. The fourth-order valence-corrected chi connectivity index (χ4v) is 1.63. The normalized spacial score (nSPS) is 17.5. The number of rotatable bonds is 2. The topological polar surface area (TPSA) is 40.1 Å². The molecule has 0 spiro atoms. The number of carbonyl (C=O) groups is 1. The summed E-state index contributed by atoms with van der Waals surface area (Å²) >= 11 is 4.82. The van der Waals surface area contributed by atoms with E-state index in [1.807, 2.05) is 0 Å². The van der Waals surface area contributed by atoms with Crippen molar-refractivity contribution in [2.24, 2.45) is 0 Å². The summed E-state index contributed by atoms with van der Waals surface area (Å²) in [4.78, 5) is 10.1. The van der Waals surface area contributed by atoms with Crippen molar-refractivity contribution in [1.82, 2.24) is 0 Å². The number of carboxylic acids is 1. The summed E-state index contributed by atoms with van der Waals surface area (Å²) in [6, 6.07) is 0. The second kappa shape index (κ2) is 8.56. The summed E-state index contributed by atoms with van der Waals surface area (Å²) in [5, 5.41) is 9.49. The summed E-state index contributed by atoms with van der Waals surface area (Å²) < 4.78 is 0. The number of hydrogen-bond acceptors (Lipinski definition) is 2. The second-order valence-corrected chi connectivity index (χ2v) is 4.11. The zero-order valence-electron chi connectivity index (χ0n) is 8.16. The van der Waals surface area contributed by atoms with E-state index < -0.39 is 5.97 Å². The first-order valence-electron chi connectivity index (χ1n) is 4.97. The minimum absolute atomic E-state index is 0.181. The van der Waals surface area contributed by atoms with E-state index in [4.69, 9.17) is 15.5 Å². The van der Waals surface area contributed by atoms with Gasteiger partial charge in [0.15, 0.2) is 0 Å². The first-order valence-corrected chi connectivity index (χ1v) is 5.54. The molecule has 0 amide bonds. The van der Waals surface area contributed by atoms with Crippen molar-refractivity contribution < 1.29 is 25.4 Å².